The largest absolute Gasteiger partial charge is 0.493 e. The van der Waals surface area contributed by atoms with Crippen LogP contribution in [-0.2, 0) is 6.42 Å². The average molecular weight is 493 g/mol. The van der Waals surface area contributed by atoms with Gasteiger partial charge in [-0.3, -0.25) is 4.79 Å². The van der Waals surface area contributed by atoms with Gasteiger partial charge in [0.25, 0.3) is 5.91 Å². The zero-order valence-electron chi connectivity index (χ0n) is 20.3. The number of benzene rings is 1. The second-order valence-electron chi connectivity index (χ2n) is 7.92. The summed E-state index contributed by atoms with van der Waals surface area (Å²) in [4.78, 5) is 23.2. The number of para-hydroxylation sites is 1. The van der Waals surface area contributed by atoms with Gasteiger partial charge >= 0.3 is 0 Å². The van der Waals surface area contributed by atoms with Crippen molar-refractivity contribution >= 4 is 28.2 Å². The molecule has 0 aliphatic heterocycles. The summed E-state index contributed by atoms with van der Waals surface area (Å²) in [6, 6.07) is 12.6. The number of rotatable bonds is 9. The summed E-state index contributed by atoms with van der Waals surface area (Å²) in [7, 11) is 3.21. The first kappa shape index (κ1) is 24.3. The van der Waals surface area contributed by atoms with Crippen molar-refractivity contribution in [3.8, 4) is 11.5 Å². The molecule has 8 nitrogen and oxygen atoms in total. The molecule has 35 heavy (non-hydrogen) atoms. The van der Waals surface area contributed by atoms with Crippen molar-refractivity contribution in [3.63, 3.8) is 0 Å². The third-order valence-electron chi connectivity index (χ3n) is 5.44. The number of methoxy groups -OCH3 is 2. The van der Waals surface area contributed by atoms with E-state index in [0.29, 0.717) is 22.4 Å². The van der Waals surface area contributed by atoms with Gasteiger partial charge in [0.05, 0.1) is 26.5 Å². The lowest BCUT2D eigenvalue weighted by molar-refractivity contribution is 0.0997. The van der Waals surface area contributed by atoms with E-state index in [1.165, 1.54) is 17.6 Å². The Bertz CT molecular complexity index is 1300. The number of nitrogens with zero attached hydrogens (tertiary/aromatic N) is 2. The van der Waals surface area contributed by atoms with E-state index in [2.05, 4.69) is 33.6 Å². The molecule has 3 heterocycles. The van der Waals surface area contributed by atoms with Crippen molar-refractivity contribution in [1.82, 2.24) is 9.97 Å². The molecule has 4 aromatic rings. The maximum absolute atomic E-state index is 12.9. The topological polar surface area (TPSA) is 98.5 Å². The van der Waals surface area contributed by atoms with Gasteiger partial charge in [0.1, 0.15) is 5.00 Å². The van der Waals surface area contributed by atoms with Gasteiger partial charge < -0.3 is 24.5 Å². The molecule has 0 saturated carbocycles. The van der Waals surface area contributed by atoms with E-state index >= 15 is 0 Å². The van der Waals surface area contributed by atoms with Gasteiger partial charge in [0.15, 0.2) is 17.3 Å². The van der Waals surface area contributed by atoms with Gasteiger partial charge in [-0.05, 0) is 50.6 Å². The number of furan rings is 1. The number of anilines is 2. The highest BCUT2D eigenvalue weighted by Gasteiger charge is 2.27. The minimum Gasteiger partial charge on any atom is -0.493 e. The lowest BCUT2D eigenvalue weighted by Gasteiger charge is -2.23. The molecule has 4 rings (SSSR count). The number of aromatic nitrogens is 2. The summed E-state index contributed by atoms with van der Waals surface area (Å²) in [5.74, 6) is 1.59. The number of hydrogen-bond acceptors (Lipinski definition) is 8. The molecule has 0 aliphatic carbocycles. The Labute approximate surface area is 208 Å². The number of nitrogens with one attached hydrogen (secondary N) is 2. The Kier molecular flexibility index (Phi) is 7.36. The van der Waals surface area contributed by atoms with Gasteiger partial charge in [-0.1, -0.05) is 19.1 Å². The summed E-state index contributed by atoms with van der Waals surface area (Å²) in [5, 5.41) is 7.21. The number of amides is 1. The molecule has 3 aromatic heterocycles. The highest BCUT2D eigenvalue weighted by molar-refractivity contribution is 7.16. The quantitative estimate of drug-likeness (QED) is 0.305. The zero-order valence-corrected chi connectivity index (χ0v) is 21.2. The zero-order chi connectivity index (χ0) is 24.9. The smallest absolute Gasteiger partial charge is 0.291 e. The van der Waals surface area contributed by atoms with Gasteiger partial charge in [-0.2, -0.15) is 0 Å². The number of aryl methyl sites for hydroxylation is 3. The van der Waals surface area contributed by atoms with Crippen molar-refractivity contribution in [2.45, 2.75) is 33.2 Å². The number of carbonyl (C=O) groups excluding carboxylic acids is 1. The van der Waals surface area contributed by atoms with Crippen LogP contribution >= 0.6 is 11.3 Å². The molecule has 182 valence electrons. The Morgan fingerprint density at radius 3 is 2.46 bits per heavy atom. The molecule has 0 fully saturated rings. The molecule has 0 spiro atoms. The van der Waals surface area contributed by atoms with Crippen LogP contribution in [0.5, 0.6) is 11.5 Å². The third kappa shape index (κ3) is 5.30. The molecule has 2 N–H and O–H groups in total. The van der Waals surface area contributed by atoms with E-state index in [1.807, 2.05) is 38.1 Å². The SMILES string of the molecule is CCc1cc(C(Nc2nc(C)cc(C)n2)c2cccc(OC)c2OC)c(NC(=O)c2ccco2)s1. The second-order valence-corrected chi connectivity index (χ2v) is 9.05. The standard InChI is InChI=1S/C26H28N4O4S/c1-6-17-14-19(25(35-17)30-24(31)21-11-8-12-34-21)22(29-26-27-15(2)13-16(3)28-26)18-9-7-10-20(32-4)23(18)33-5/h7-14,22H,6H2,1-5H3,(H,30,31)(H,27,28,29). The number of ether oxygens (including phenoxy) is 2. The lowest BCUT2D eigenvalue weighted by Crippen LogP contribution is -2.18. The predicted octanol–water partition coefficient (Wildman–Crippen LogP) is 5.78. The van der Waals surface area contributed by atoms with Crippen LogP contribution < -0.4 is 20.1 Å². The normalized spacial score (nSPS) is 11.7. The molecular weight excluding hydrogens is 464 g/mol. The molecule has 1 aromatic carbocycles. The monoisotopic (exact) mass is 492 g/mol. The van der Waals surface area contributed by atoms with E-state index in [1.54, 1.807) is 26.4 Å². The van der Waals surface area contributed by atoms with Crippen molar-refractivity contribution < 1.29 is 18.7 Å². The number of thiophene rings is 1. The summed E-state index contributed by atoms with van der Waals surface area (Å²) >= 11 is 1.52. The van der Waals surface area contributed by atoms with Gasteiger partial charge in [0.2, 0.25) is 5.95 Å². The van der Waals surface area contributed by atoms with Crippen LogP contribution in [0, 0.1) is 13.8 Å². The van der Waals surface area contributed by atoms with Crippen molar-refractivity contribution in [2.75, 3.05) is 24.9 Å². The molecule has 1 amide bonds. The Balaban J connectivity index is 1.85. The first-order valence-corrected chi connectivity index (χ1v) is 12.0. The fourth-order valence-corrected chi connectivity index (χ4v) is 4.93. The van der Waals surface area contributed by atoms with Gasteiger partial charge in [-0.15, -0.1) is 11.3 Å². The molecule has 0 aliphatic rings. The maximum atomic E-state index is 12.9. The van der Waals surface area contributed by atoms with E-state index in [4.69, 9.17) is 13.9 Å². The summed E-state index contributed by atoms with van der Waals surface area (Å²) in [5.41, 5.74) is 3.38. The summed E-state index contributed by atoms with van der Waals surface area (Å²) < 4.78 is 16.6. The molecule has 0 radical (unpaired) electrons. The minimum atomic E-state index is -0.440. The van der Waals surface area contributed by atoms with Gasteiger partial charge in [-0.25, -0.2) is 9.97 Å². The van der Waals surface area contributed by atoms with Gasteiger partial charge in [0, 0.05) is 27.4 Å². The molecule has 0 saturated heterocycles. The first-order valence-electron chi connectivity index (χ1n) is 11.2. The van der Waals surface area contributed by atoms with Crippen LogP contribution in [0.2, 0.25) is 0 Å². The maximum Gasteiger partial charge on any atom is 0.291 e. The Morgan fingerprint density at radius 1 is 1.06 bits per heavy atom. The van der Waals surface area contributed by atoms with Crippen LogP contribution in [0.4, 0.5) is 10.9 Å². The van der Waals surface area contributed by atoms with Crippen LogP contribution in [0.3, 0.4) is 0 Å². The van der Waals surface area contributed by atoms with Crippen molar-refractivity contribution in [2.24, 2.45) is 0 Å². The average Bonchev–Trinajstić information content (AvgIpc) is 3.52. The van der Waals surface area contributed by atoms with Crippen molar-refractivity contribution in [1.29, 1.82) is 0 Å². The number of hydrogen-bond donors (Lipinski definition) is 2. The van der Waals surface area contributed by atoms with E-state index in [9.17, 15) is 4.79 Å². The van der Waals surface area contributed by atoms with Crippen molar-refractivity contribution in [3.05, 3.63) is 81.9 Å². The van der Waals surface area contributed by atoms with Crippen LogP contribution in [0.1, 0.15) is 50.9 Å². The van der Waals surface area contributed by atoms with Crippen LogP contribution in [0.15, 0.2) is 53.1 Å². The van der Waals surface area contributed by atoms with Crippen LogP contribution in [0.25, 0.3) is 0 Å². The Morgan fingerprint density at radius 2 is 1.83 bits per heavy atom. The summed E-state index contributed by atoms with van der Waals surface area (Å²) in [6.07, 6.45) is 2.29. The molecule has 9 heteroatoms. The lowest BCUT2D eigenvalue weighted by atomic mass is 9.98. The first-order chi connectivity index (χ1) is 16.9. The van der Waals surface area contributed by atoms with E-state index < -0.39 is 6.04 Å². The fourth-order valence-electron chi connectivity index (χ4n) is 3.90. The molecule has 1 atom stereocenters. The second kappa shape index (κ2) is 10.6. The molecular formula is C26H28N4O4S. The molecule has 1 unspecified atom stereocenters. The predicted molar refractivity (Wildman–Crippen MR) is 137 cm³/mol. The highest BCUT2D eigenvalue weighted by Crippen LogP contribution is 2.43. The Hall–Kier alpha value is -3.85. The number of carbonyl (C=O) groups is 1. The summed E-state index contributed by atoms with van der Waals surface area (Å²) in [6.45, 7) is 5.93. The van der Waals surface area contributed by atoms with E-state index in [0.717, 1.165) is 33.8 Å². The highest BCUT2D eigenvalue weighted by atomic mass is 32.1. The fraction of sp³-hybridized carbons (Fsp3) is 0.269. The molecule has 0 bridgehead atoms. The minimum absolute atomic E-state index is 0.239. The third-order valence-corrected chi connectivity index (χ3v) is 6.65. The van der Waals surface area contributed by atoms with E-state index in [-0.39, 0.29) is 11.7 Å². The van der Waals surface area contributed by atoms with Crippen LogP contribution in [-0.4, -0.2) is 30.1 Å².